The van der Waals surface area contributed by atoms with E-state index in [1.165, 1.54) is 33.4 Å². The van der Waals surface area contributed by atoms with Gasteiger partial charge in [-0.2, -0.15) is 5.10 Å². The van der Waals surface area contributed by atoms with Gasteiger partial charge < -0.3 is 0 Å². The zero-order chi connectivity index (χ0) is 19.0. The van der Waals surface area contributed by atoms with E-state index in [9.17, 15) is 0 Å². The quantitative estimate of drug-likeness (QED) is 0.416. The van der Waals surface area contributed by atoms with Crippen LogP contribution >= 0.6 is 11.8 Å². The number of hydrogen-bond donors (Lipinski definition) is 0. The van der Waals surface area contributed by atoms with Crippen molar-refractivity contribution in [2.24, 2.45) is 0 Å². The zero-order valence-electron chi connectivity index (χ0n) is 16.2. The van der Waals surface area contributed by atoms with Crippen molar-refractivity contribution in [3.8, 4) is 11.3 Å². The molecule has 3 nitrogen and oxygen atoms in total. The van der Waals surface area contributed by atoms with Crippen LogP contribution in [0.3, 0.4) is 0 Å². The summed E-state index contributed by atoms with van der Waals surface area (Å²) in [5, 5.41) is 5.80. The molecular formula is C23H23N3S. The fourth-order valence-corrected chi connectivity index (χ4v) is 4.38. The molecule has 2 aromatic heterocycles. The number of aromatic nitrogens is 3. The summed E-state index contributed by atoms with van der Waals surface area (Å²) in [4.78, 5) is 4.62. The molecule has 0 aliphatic heterocycles. The minimum Gasteiger partial charge on any atom is -0.246 e. The van der Waals surface area contributed by atoms with Gasteiger partial charge in [0.15, 0.2) is 0 Å². The Morgan fingerprint density at radius 2 is 1.67 bits per heavy atom. The van der Waals surface area contributed by atoms with Gasteiger partial charge in [0.1, 0.15) is 5.03 Å². The van der Waals surface area contributed by atoms with Crippen molar-refractivity contribution in [2.75, 3.05) is 0 Å². The van der Waals surface area contributed by atoms with Gasteiger partial charge in [-0.25, -0.2) is 9.50 Å². The third kappa shape index (κ3) is 3.62. The number of rotatable bonds is 4. The molecule has 0 aliphatic rings. The molecule has 2 aromatic carbocycles. The van der Waals surface area contributed by atoms with Crippen LogP contribution in [-0.4, -0.2) is 14.6 Å². The number of thioether (sulfide) groups is 1. The standard InChI is InChI=1S/C23H23N3S/c1-15-6-8-20(18(4)11-15)21-13-22-23(24-9-10-26(22)25-21)27-14-19-12-16(2)5-7-17(19)3/h5-13H,14H2,1-4H3. The Balaban J connectivity index is 1.68. The van der Waals surface area contributed by atoms with Gasteiger partial charge in [0.25, 0.3) is 0 Å². The van der Waals surface area contributed by atoms with Crippen molar-refractivity contribution >= 4 is 17.3 Å². The molecule has 0 unspecified atom stereocenters. The molecule has 0 bridgehead atoms. The molecule has 0 fully saturated rings. The van der Waals surface area contributed by atoms with E-state index >= 15 is 0 Å². The molecule has 4 aromatic rings. The molecule has 136 valence electrons. The van der Waals surface area contributed by atoms with Gasteiger partial charge in [0.2, 0.25) is 0 Å². The van der Waals surface area contributed by atoms with Gasteiger partial charge in [-0.3, -0.25) is 0 Å². The highest BCUT2D eigenvalue weighted by Crippen LogP contribution is 2.30. The van der Waals surface area contributed by atoms with Gasteiger partial charge in [0, 0.05) is 23.7 Å². The van der Waals surface area contributed by atoms with E-state index in [0.29, 0.717) is 0 Å². The van der Waals surface area contributed by atoms with E-state index < -0.39 is 0 Å². The second-order valence-electron chi connectivity index (χ2n) is 7.13. The van der Waals surface area contributed by atoms with Crippen LogP contribution in [0.2, 0.25) is 0 Å². The monoisotopic (exact) mass is 373 g/mol. The lowest BCUT2D eigenvalue weighted by molar-refractivity contribution is 0.920. The zero-order valence-corrected chi connectivity index (χ0v) is 17.0. The van der Waals surface area contributed by atoms with Gasteiger partial charge >= 0.3 is 0 Å². The lowest BCUT2D eigenvalue weighted by Crippen LogP contribution is -1.93. The Bertz CT molecular complexity index is 1130. The highest BCUT2D eigenvalue weighted by atomic mass is 32.2. The smallest absolute Gasteiger partial charge is 0.122 e. The maximum Gasteiger partial charge on any atom is 0.122 e. The average Bonchev–Trinajstić information content (AvgIpc) is 3.07. The van der Waals surface area contributed by atoms with Crippen molar-refractivity contribution in [1.29, 1.82) is 0 Å². The molecule has 0 N–H and O–H groups in total. The minimum absolute atomic E-state index is 0.907. The molecule has 0 atom stereocenters. The van der Waals surface area contributed by atoms with E-state index in [4.69, 9.17) is 5.10 Å². The van der Waals surface area contributed by atoms with Gasteiger partial charge in [-0.05, 0) is 50.5 Å². The lowest BCUT2D eigenvalue weighted by Gasteiger charge is -2.07. The Morgan fingerprint density at radius 3 is 2.48 bits per heavy atom. The number of nitrogens with zero attached hydrogens (tertiary/aromatic N) is 3. The van der Waals surface area contributed by atoms with Gasteiger partial charge in [-0.15, -0.1) is 0 Å². The molecule has 4 rings (SSSR count). The summed E-state index contributed by atoms with van der Waals surface area (Å²) in [7, 11) is 0. The summed E-state index contributed by atoms with van der Waals surface area (Å²) in [5.41, 5.74) is 9.72. The Hall–Kier alpha value is -2.59. The third-order valence-corrected chi connectivity index (χ3v) is 5.92. The maximum atomic E-state index is 4.78. The van der Waals surface area contributed by atoms with Crippen LogP contribution in [0.25, 0.3) is 16.8 Å². The van der Waals surface area contributed by atoms with Crippen LogP contribution < -0.4 is 0 Å². The highest BCUT2D eigenvalue weighted by Gasteiger charge is 2.12. The predicted octanol–water partition coefficient (Wildman–Crippen LogP) is 5.92. The predicted molar refractivity (Wildman–Crippen MR) is 113 cm³/mol. The van der Waals surface area contributed by atoms with Crippen molar-refractivity contribution < 1.29 is 0 Å². The summed E-state index contributed by atoms with van der Waals surface area (Å²) in [6.07, 6.45) is 3.75. The molecule has 0 spiro atoms. The second kappa shape index (κ2) is 7.20. The third-order valence-electron chi connectivity index (χ3n) is 4.88. The van der Waals surface area contributed by atoms with Crippen LogP contribution in [-0.2, 0) is 5.75 Å². The molecule has 4 heteroatoms. The first-order valence-corrected chi connectivity index (χ1v) is 10.1. The number of aryl methyl sites for hydroxylation is 4. The first kappa shape index (κ1) is 17.8. The molecule has 27 heavy (non-hydrogen) atoms. The van der Waals surface area contributed by atoms with Crippen LogP contribution in [0.15, 0.2) is 59.9 Å². The Morgan fingerprint density at radius 1 is 0.889 bits per heavy atom. The summed E-state index contributed by atoms with van der Waals surface area (Å²) in [5.74, 6) is 0.907. The number of benzene rings is 2. The second-order valence-corrected chi connectivity index (χ2v) is 8.09. The summed E-state index contributed by atoms with van der Waals surface area (Å²) >= 11 is 1.77. The first-order chi connectivity index (χ1) is 13.0. The van der Waals surface area contributed by atoms with E-state index in [1.807, 2.05) is 16.9 Å². The largest absolute Gasteiger partial charge is 0.246 e. The van der Waals surface area contributed by atoms with Crippen LogP contribution in [0, 0.1) is 27.7 Å². The minimum atomic E-state index is 0.907. The van der Waals surface area contributed by atoms with Crippen molar-refractivity contribution in [2.45, 2.75) is 38.5 Å². The van der Waals surface area contributed by atoms with Crippen molar-refractivity contribution in [3.63, 3.8) is 0 Å². The molecule has 0 aliphatic carbocycles. The Kier molecular flexibility index (Phi) is 4.75. The Labute approximate surface area is 164 Å². The normalized spacial score (nSPS) is 11.3. The van der Waals surface area contributed by atoms with Crippen molar-refractivity contribution in [3.05, 3.63) is 82.7 Å². The summed E-state index contributed by atoms with van der Waals surface area (Å²) in [6.45, 7) is 8.56. The fraction of sp³-hybridized carbons (Fsp3) is 0.217. The van der Waals surface area contributed by atoms with E-state index in [1.54, 1.807) is 11.8 Å². The van der Waals surface area contributed by atoms with Crippen molar-refractivity contribution in [1.82, 2.24) is 14.6 Å². The summed E-state index contributed by atoms with van der Waals surface area (Å²) < 4.78 is 1.94. The summed E-state index contributed by atoms with van der Waals surface area (Å²) in [6, 6.07) is 15.3. The van der Waals surface area contributed by atoms with Gasteiger partial charge in [-0.1, -0.05) is 59.3 Å². The van der Waals surface area contributed by atoms with Crippen LogP contribution in [0.4, 0.5) is 0 Å². The van der Waals surface area contributed by atoms with E-state index in [2.05, 4.69) is 75.1 Å². The van der Waals surface area contributed by atoms with Crippen LogP contribution in [0.1, 0.15) is 27.8 Å². The molecular weight excluding hydrogens is 350 g/mol. The average molecular weight is 374 g/mol. The molecule has 2 heterocycles. The topological polar surface area (TPSA) is 30.2 Å². The fourth-order valence-electron chi connectivity index (χ4n) is 3.34. The molecule has 0 radical (unpaired) electrons. The molecule has 0 saturated carbocycles. The van der Waals surface area contributed by atoms with Crippen LogP contribution in [0.5, 0.6) is 0 Å². The molecule has 0 saturated heterocycles. The highest BCUT2D eigenvalue weighted by molar-refractivity contribution is 7.98. The molecule has 0 amide bonds. The number of fused-ring (bicyclic) bond motifs is 1. The SMILES string of the molecule is Cc1ccc(-c2cc3c(SCc4cc(C)ccc4C)nccn3n2)c(C)c1. The lowest BCUT2D eigenvalue weighted by atomic mass is 10.0. The van der Waals surface area contributed by atoms with E-state index in [0.717, 1.165) is 22.0 Å². The maximum absolute atomic E-state index is 4.78. The van der Waals surface area contributed by atoms with E-state index in [-0.39, 0.29) is 0 Å². The van der Waals surface area contributed by atoms with Gasteiger partial charge in [0.05, 0.1) is 11.2 Å². The number of hydrogen-bond acceptors (Lipinski definition) is 3. The first-order valence-electron chi connectivity index (χ1n) is 9.12.